The van der Waals surface area contributed by atoms with E-state index in [-0.39, 0.29) is 0 Å². The zero-order chi connectivity index (χ0) is 15.9. The molecule has 0 atom stereocenters. The van der Waals surface area contributed by atoms with Crippen LogP contribution < -0.4 is 16.0 Å². The molecule has 5 nitrogen and oxygen atoms in total. The Morgan fingerprint density at radius 2 is 1.91 bits per heavy atom. The molecule has 1 aromatic rings. The van der Waals surface area contributed by atoms with E-state index in [0.717, 1.165) is 26.3 Å². The molecule has 2 aliphatic rings. The number of benzene rings is 1. The summed E-state index contributed by atoms with van der Waals surface area (Å²) in [6.45, 7) is 4.10. The largest absolute Gasteiger partial charge is 0.378 e. The molecule has 23 heavy (non-hydrogen) atoms. The Hall–Kier alpha value is -1.75. The van der Waals surface area contributed by atoms with Crippen molar-refractivity contribution in [3.05, 3.63) is 29.8 Å². The van der Waals surface area contributed by atoms with Gasteiger partial charge in [-0.2, -0.15) is 0 Å². The SMILES string of the molecule is NC(=NCc1ccccc1N1CCOCC1)NC1CCCCC1. The topological polar surface area (TPSA) is 62.9 Å². The minimum Gasteiger partial charge on any atom is -0.378 e. The van der Waals surface area contributed by atoms with E-state index in [1.54, 1.807) is 0 Å². The Kier molecular flexibility index (Phi) is 5.75. The van der Waals surface area contributed by atoms with Crippen LogP contribution in [0.2, 0.25) is 0 Å². The number of nitrogens with two attached hydrogens (primary N) is 1. The van der Waals surface area contributed by atoms with Crippen molar-refractivity contribution in [2.24, 2.45) is 10.7 Å². The van der Waals surface area contributed by atoms with Gasteiger partial charge in [0.15, 0.2) is 5.96 Å². The molecule has 3 N–H and O–H groups in total. The van der Waals surface area contributed by atoms with Crippen LogP contribution in [-0.2, 0) is 11.3 Å². The molecule has 0 unspecified atom stereocenters. The molecule has 1 aliphatic heterocycles. The Morgan fingerprint density at radius 3 is 2.70 bits per heavy atom. The van der Waals surface area contributed by atoms with E-state index < -0.39 is 0 Å². The summed E-state index contributed by atoms with van der Waals surface area (Å²) in [7, 11) is 0. The second-order valence-corrected chi connectivity index (χ2v) is 6.41. The minimum atomic E-state index is 0.502. The number of hydrogen-bond donors (Lipinski definition) is 2. The summed E-state index contributed by atoms with van der Waals surface area (Å²) in [6, 6.07) is 8.96. The number of anilines is 1. The van der Waals surface area contributed by atoms with E-state index in [4.69, 9.17) is 10.5 Å². The van der Waals surface area contributed by atoms with Crippen molar-refractivity contribution in [2.45, 2.75) is 44.7 Å². The molecule has 1 heterocycles. The third-order valence-electron chi connectivity index (χ3n) is 4.72. The van der Waals surface area contributed by atoms with Crippen molar-refractivity contribution >= 4 is 11.6 Å². The van der Waals surface area contributed by atoms with Gasteiger partial charge in [-0.05, 0) is 24.5 Å². The summed E-state index contributed by atoms with van der Waals surface area (Å²) in [5, 5.41) is 3.38. The number of nitrogens with zero attached hydrogens (tertiary/aromatic N) is 2. The van der Waals surface area contributed by atoms with E-state index in [1.807, 2.05) is 0 Å². The first-order chi connectivity index (χ1) is 11.3. The lowest BCUT2D eigenvalue weighted by Gasteiger charge is -2.30. The standard InChI is InChI=1S/C18H28N4O/c19-18(21-16-7-2-1-3-8-16)20-14-15-6-4-5-9-17(15)22-10-12-23-13-11-22/h4-6,9,16H,1-3,7-8,10-14H2,(H3,19,20,21). The smallest absolute Gasteiger partial charge is 0.189 e. The van der Waals surface area contributed by atoms with Crippen molar-refractivity contribution in [2.75, 3.05) is 31.2 Å². The van der Waals surface area contributed by atoms with Gasteiger partial charge in [0, 0.05) is 24.8 Å². The van der Waals surface area contributed by atoms with Gasteiger partial charge in [-0.3, -0.25) is 0 Å². The van der Waals surface area contributed by atoms with E-state index in [9.17, 15) is 0 Å². The molecule has 0 aromatic heterocycles. The summed E-state index contributed by atoms with van der Waals surface area (Å²) in [4.78, 5) is 6.94. The Labute approximate surface area is 138 Å². The average molecular weight is 316 g/mol. The summed E-state index contributed by atoms with van der Waals surface area (Å²) < 4.78 is 5.44. The molecular weight excluding hydrogens is 288 g/mol. The van der Waals surface area contributed by atoms with Crippen LogP contribution in [0.15, 0.2) is 29.3 Å². The maximum atomic E-state index is 6.09. The molecule has 0 bridgehead atoms. The zero-order valence-corrected chi connectivity index (χ0v) is 13.8. The molecule has 1 saturated carbocycles. The molecule has 1 aromatic carbocycles. The van der Waals surface area contributed by atoms with Crippen molar-refractivity contribution in [3.8, 4) is 0 Å². The molecule has 5 heteroatoms. The molecule has 126 valence electrons. The molecule has 0 spiro atoms. The quantitative estimate of drug-likeness (QED) is 0.661. The van der Waals surface area contributed by atoms with Crippen LogP contribution in [-0.4, -0.2) is 38.3 Å². The Bertz CT molecular complexity index is 520. The lowest BCUT2D eigenvalue weighted by molar-refractivity contribution is 0.122. The third-order valence-corrected chi connectivity index (χ3v) is 4.72. The Morgan fingerprint density at radius 1 is 1.17 bits per heavy atom. The molecule has 1 aliphatic carbocycles. The monoisotopic (exact) mass is 316 g/mol. The van der Waals surface area contributed by atoms with Crippen LogP contribution >= 0.6 is 0 Å². The number of morpholine rings is 1. The molecule has 1 saturated heterocycles. The second kappa shape index (κ2) is 8.20. The van der Waals surface area contributed by atoms with E-state index in [1.165, 1.54) is 43.4 Å². The number of nitrogens with one attached hydrogen (secondary N) is 1. The van der Waals surface area contributed by atoms with Gasteiger partial charge in [0.05, 0.1) is 19.8 Å². The first kappa shape index (κ1) is 16.1. The van der Waals surface area contributed by atoms with Crippen molar-refractivity contribution in [1.29, 1.82) is 0 Å². The van der Waals surface area contributed by atoms with Gasteiger partial charge in [-0.15, -0.1) is 0 Å². The van der Waals surface area contributed by atoms with Crippen molar-refractivity contribution in [1.82, 2.24) is 5.32 Å². The highest BCUT2D eigenvalue weighted by Crippen LogP contribution is 2.22. The van der Waals surface area contributed by atoms with Gasteiger partial charge in [0.1, 0.15) is 0 Å². The van der Waals surface area contributed by atoms with E-state index in [2.05, 4.69) is 39.5 Å². The second-order valence-electron chi connectivity index (χ2n) is 6.41. The fourth-order valence-corrected chi connectivity index (χ4v) is 3.43. The molecular formula is C18H28N4O. The fourth-order valence-electron chi connectivity index (χ4n) is 3.43. The maximum Gasteiger partial charge on any atom is 0.189 e. The summed E-state index contributed by atoms with van der Waals surface area (Å²) in [5.74, 6) is 0.577. The van der Waals surface area contributed by atoms with Crippen LogP contribution in [0.5, 0.6) is 0 Å². The predicted molar refractivity (Wildman–Crippen MR) is 94.8 cm³/mol. The number of guanidine groups is 1. The zero-order valence-electron chi connectivity index (χ0n) is 13.8. The summed E-state index contributed by atoms with van der Waals surface area (Å²) in [5.41, 5.74) is 8.57. The van der Waals surface area contributed by atoms with Gasteiger partial charge < -0.3 is 20.7 Å². The first-order valence-electron chi connectivity index (χ1n) is 8.80. The van der Waals surface area contributed by atoms with Crippen LogP contribution in [0, 0.1) is 0 Å². The van der Waals surface area contributed by atoms with E-state index >= 15 is 0 Å². The minimum absolute atomic E-state index is 0.502. The maximum absolute atomic E-state index is 6.09. The average Bonchev–Trinajstić information content (AvgIpc) is 2.62. The normalized spacial score (nSPS) is 20.5. The van der Waals surface area contributed by atoms with E-state index in [0.29, 0.717) is 18.5 Å². The van der Waals surface area contributed by atoms with Gasteiger partial charge >= 0.3 is 0 Å². The first-order valence-corrected chi connectivity index (χ1v) is 8.80. The van der Waals surface area contributed by atoms with Gasteiger partial charge in [-0.1, -0.05) is 37.5 Å². The highest BCUT2D eigenvalue weighted by atomic mass is 16.5. The summed E-state index contributed by atoms with van der Waals surface area (Å²) >= 11 is 0. The molecule has 2 fully saturated rings. The molecule has 0 amide bonds. The van der Waals surface area contributed by atoms with Crippen molar-refractivity contribution in [3.63, 3.8) is 0 Å². The molecule has 0 radical (unpaired) electrons. The van der Waals surface area contributed by atoms with Crippen molar-refractivity contribution < 1.29 is 4.74 Å². The van der Waals surface area contributed by atoms with Gasteiger partial charge in [-0.25, -0.2) is 4.99 Å². The number of hydrogen-bond acceptors (Lipinski definition) is 3. The lowest BCUT2D eigenvalue weighted by atomic mass is 9.96. The highest BCUT2D eigenvalue weighted by Gasteiger charge is 2.15. The molecule has 3 rings (SSSR count). The number of rotatable bonds is 4. The van der Waals surface area contributed by atoms with Gasteiger partial charge in [0.25, 0.3) is 0 Å². The lowest BCUT2D eigenvalue weighted by Crippen LogP contribution is -2.41. The third kappa shape index (κ3) is 4.61. The number of ether oxygens (including phenoxy) is 1. The van der Waals surface area contributed by atoms with Crippen LogP contribution in [0.4, 0.5) is 5.69 Å². The number of para-hydroxylation sites is 1. The highest BCUT2D eigenvalue weighted by molar-refractivity contribution is 5.78. The summed E-state index contributed by atoms with van der Waals surface area (Å²) in [6.07, 6.45) is 6.36. The van der Waals surface area contributed by atoms with Crippen LogP contribution in [0.3, 0.4) is 0 Å². The van der Waals surface area contributed by atoms with Crippen LogP contribution in [0.25, 0.3) is 0 Å². The predicted octanol–water partition coefficient (Wildman–Crippen LogP) is 2.26. The van der Waals surface area contributed by atoms with Crippen LogP contribution in [0.1, 0.15) is 37.7 Å². The van der Waals surface area contributed by atoms with Gasteiger partial charge in [0.2, 0.25) is 0 Å². The fraction of sp³-hybridized carbons (Fsp3) is 0.611. The number of aliphatic imine (C=N–C) groups is 1. The Balaban J connectivity index is 1.61.